The molecule has 0 bridgehead atoms. The molecule has 2 N–H and O–H groups in total. The second-order valence-corrected chi connectivity index (χ2v) is 9.45. The maximum atomic E-state index is 12.9. The summed E-state index contributed by atoms with van der Waals surface area (Å²) in [5.41, 5.74) is 2.76. The number of nitrogens with one attached hydrogen (secondary N) is 2. The van der Waals surface area contributed by atoms with Gasteiger partial charge in [0, 0.05) is 25.4 Å². The van der Waals surface area contributed by atoms with Crippen molar-refractivity contribution in [1.29, 1.82) is 0 Å². The minimum Gasteiger partial charge on any atom is -0.454 e. The number of rotatable bonds is 6. The Morgan fingerprint density at radius 1 is 1.06 bits per heavy atom. The van der Waals surface area contributed by atoms with Gasteiger partial charge in [0.1, 0.15) is 11.9 Å². The molecule has 10 heteroatoms. The topological polar surface area (TPSA) is 117 Å². The number of nitrogens with zero attached hydrogens (tertiary/aromatic N) is 3. The summed E-state index contributed by atoms with van der Waals surface area (Å²) in [6, 6.07) is 12.2. The number of hydrogen-bond donors (Lipinski definition) is 2. The summed E-state index contributed by atoms with van der Waals surface area (Å²) in [7, 11) is 0. The first-order valence-corrected chi connectivity index (χ1v) is 12.3. The molecule has 36 heavy (non-hydrogen) atoms. The van der Waals surface area contributed by atoms with E-state index in [-0.39, 0.29) is 38.0 Å². The van der Waals surface area contributed by atoms with Crippen LogP contribution in [0.1, 0.15) is 43.0 Å². The SMILES string of the molecule is O=C(CCC1NC(=O)N(Cc2ccc3c(c2)OCO3)C1=O)N1CCC(c2nc3ccccc3[nH]2)CC1. The number of amides is 4. The summed E-state index contributed by atoms with van der Waals surface area (Å²) in [4.78, 5) is 49.3. The van der Waals surface area contributed by atoms with Crippen LogP contribution in [0.2, 0.25) is 0 Å². The van der Waals surface area contributed by atoms with Crippen LogP contribution in [0.5, 0.6) is 11.5 Å². The van der Waals surface area contributed by atoms with E-state index in [4.69, 9.17) is 14.5 Å². The first-order valence-electron chi connectivity index (χ1n) is 12.3. The van der Waals surface area contributed by atoms with Gasteiger partial charge < -0.3 is 24.7 Å². The second-order valence-electron chi connectivity index (χ2n) is 9.45. The highest BCUT2D eigenvalue weighted by molar-refractivity contribution is 6.04. The number of carbonyl (C=O) groups excluding carboxylic acids is 3. The fraction of sp³-hybridized carbons (Fsp3) is 0.385. The number of benzene rings is 2. The number of piperidine rings is 1. The molecule has 2 fully saturated rings. The standard InChI is InChI=1S/C26H27N5O5/c32-23(30-11-9-17(10-12-30)24-27-18-3-1-2-4-19(18)28-24)8-6-20-25(33)31(26(34)29-20)14-16-5-7-21-22(13-16)36-15-35-21/h1-5,7,13,17,20H,6,8-12,14-15H2,(H,27,28)(H,29,34). The van der Waals surface area contributed by atoms with Crippen LogP contribution in [-0.4, -0.2) is 63.5 Å². The van der Waals surface area contributed by atoms with E-state index in [9.17, 15) is 14.4 Å². The number of H-pyrrole nitrogens is 1. The van der Waals surface area contributed by atoms with Crippen LogP contribution < -0.4 is 14.8 Å². The van der Waals surface area contributed by atoms with E-state index < -0.39 is 12.1 Å². The zero-order valence-corrected chi connectivity index (χ0v) is 19.7. The molecule has 3 aromatic rings. The number of carbonyl (C=O) groups is 3. The van der Waals surface area contributed by atoms with Gasteiger partial charge in [-0.05, 0) is 49.1 Å². The fourth-order valence-electron chi connectivity index (χ4n) is 5.14. The minimum absolute atomic E-state index is 0.00864. The summed E-state index contributed by atoms with van der Waals surface area (Å²) >= 11 is 0. The molecular formula is C26H27N5O5. The van der Waals surface area contributed by atoms with Crippen molar-refractivity contribution in [3.05, 3.63) is 53.9 Å². The van der Waals surface area contributed by atoms with Crippen LogP contribution in [-0.2, 0) is 16.1 Å². The number of imidazole rings is 1. The Hall–Kier alpha value is -4.08. The number of urea groups is 1. The predicted molar refractivity (Wildman–Crippen MR) is 129 cm³/mol. The third-order valence-corrected chi connectivity index (χ3v) is 7.17. The van der Waals surface area contributed by atoms with Crippen LogP contribution in [0, 0.1) is 0 Å². The Bertz CT molecular complexity index is 1300. The lowest BCUT2D eigenvalue weighted by Gasteiger charge is -2.31. The molecule has 1 aromatic heterocycles. The number of hydrogen-bond acceptors (Lipinski definition) is 6. The number of para-hydroxylation sites is 2. The first kappa shape index (κ1) is 22.4. The molecule has 0 spiro atoms. The summed E-state index contributed by atoms with van der Waals surface area (Å²) in [5.74, 6) is 2.22. The lowest BCUT2D eigenvalue weighted by molar-refractivity contribution is -0.132. The minimum atomic E-state index is -0.691. The third-order valence-electron chi connectivity index (χ3n) is 7.17. The van der Waals surface area contributed by atoms with Crippen molar-refractivity contribution in [2.45, 2.75) is 44.2 Å². The number of aromatic amines is 1. The molecule has 4 amide bonds. The second kappa shape index (κ2) is 9.18. The maximum absolute atomic E-state index is 12.9. The van der Waals surface area contributed by atoms with E-state index in [0.29, 0.717) is 30.5 Å². The third kappa shape index (κ3) is 4.23. The molecule has 1 atom stereocenters. The normalized spacial score (nSPS) is 19.8. The molecule has 0 aliphatic carbocycles. The summed E-state index contributed by atoms with van der Waals surface area (Å²) in [5, 5.41) is 2.72. The van der Waals surface area contributed by atoms with Gasteiger partial charge in [-0.1, -0.05) is 18.2 Å². The van der Waals surface area contributed by atoms with Crippen LogP contribution >= 0.6 is 0 Å². The van der Waals surface area contributed by atoms with Gasteiger partial charge in [0.15, 0.2) is 11.5 Å². The van der Waals surface area contributed by atoms with Crippen molar-refractivity contribution < 1.29 is 23.9 Å². The summed E-state index contributed by atoms with van der Waals surface area (Å²) < 4.78 is 10.7. The van der Waals surface area contributed by atoms with Crippen LogP contribution in [0.15, 0.2) is 42.5 Å². The Morgan fingerprint density at radius 3 is 2.69 bits per heavy atom. The number of likely N-dealkylation sites (tertiary alicyclic amines) is 1. The molecule has 2 aromatic carbocycles. The van der Waals surface area contributed by atoms with Gasteiger partial charge in [-0.2, -0.15) is 0 Å². The highest BCUT2D eigenvalue weighted by atomic mass is 16.7. The van der Waals surface area contributed by atoms with Crippen molar-refractivity contribution in [1.82, 2.24) is 25.1 Å². The van der Waals surface area contributed by atoms with Crippen molar-refractivity contribution in [2.24, 2.45) is 0 Å². The predicted octanol–water partition coefficient (Wildman–Crippen LogP) is 2.90. The molecule has 10 nitrogen and oxygen atoms in total. The van der Waals surface area contributed by atoms with Gasteiger partial charge in [-0.3, -0.25) is 14.5 Å². The molecule has 6 rings (SSSR count). The smallest absolute Gasteiger partial charge is 0.325 e. The van der Waals surface area contributed by atoms with Gasteiger partial charge in [-0.25, -0.2) is 9.78 Å². The van der Waals surface area contributed by atoms with Crippen molar-refractivity contribution in [3.63, 3.8) is 0 Å². The van der Waals surface area contributed by atoms with Gasteiger partial charge in [-0.15, -0.1) is 0 Å². The van der Waals surface area contributed by atoms with Crippen LogP contribution in [0.25, 0.3) is 11.0 Å². The van der Waals surface area contributed by atoms with E-state index in [2.05, 4.69) is 10.3 Å². The largest absolute Gasteiger partial charge is 0.454 e. The van der Waals surface area contributed by atoms with Gasteiger partial charge in [0.2, 0.25) is 12.7 Å². The molecule has 3 aliphatic rings. The molecule has 2 saturated heterocycles. The monoisotopic (exact) mass is 489 g/mol. The molecule has 0 saturated carbocycles. The van der Waals surface area contributed by atoms with E-state index in [1.807, 2.05) is 29.2 Å². The fourth-order valence-corrected chi connectivity index (χ4v) is 5.14. The Kier molecular flexibility index (Phi) is 5.71. The zero-order valence-electron chi connectivity index (χ0n) is 19.7. The molecule has 0 radical (unpaired) electrons. The number of aromatic nitrogens is 2. The zero-order chi connectivity index (χ0) is 24.6. The van der Waals surface area contributed by atoms with E-state index >= 15 is 0 Å². The summed E-state index contributed by atoms with van der Waals surface area (Å²) in [6.45, 7) is 1.61. The summed E-state index contributed by atoms with van der Waals surface area (Å²) in [6.07, 6.45) is 2.18. The Labute approximate surface area is 207 Å². The number of fused-ring (bicyclic) bond motifs is 2. The van der Waals surface area contributed by atoms with Gasteiger partial charge in [0.25, 0.3) is 5.91 Å². The molecule has 1 unspecified atom stereocenters. The molecule has 4 heterocycles. The highest BCUT2D eigenvalue weighted by Crippen LogP contribution is 2.33. The van der Waals surface area contributed by atoms with Crippen molar-refractivity contribution in [3.8, 4) is 11.5 Å². The first-order chi connectivity index (χ1) is 17.5. The lowest BCUT2D eigenvalue weighted by atomic mass is 9.95. The van der Waals surface area contributed by atoms with E-state index in [1.54, 1.807) is 18.2 Å². The molecule has 186 valence electrons. The Morgan fingerprint density at radius 2 is 1.86 bits per heavy atom. The van der Waals surface area contributed by atoms with Crippen molar-refractivity contribution >= 4 is 28.9 Å². The van der Waals surface area contributed by atoms with E-state index in [1.165, 1.54) is 4.90 Å². The van der Waals surface area contributed by atoms with E-state index in [0.717, 1.165) is 35.3 Å². The van der Waals surface area contributed by atoms with Gasteiger partial charge in [0.05, 0.1) is 17.6 Å². The van der Waals surface area contributed by atoms with Crippen molar-refractivity contribution in [2.75, 3.05) is 19.9 Å². The lowest BCUT2D eigenvalue weighted by Crippen LogP contribution is -2.39. The highest BCUT2D eigenvalue weighted by Gasteiger charge is 2.38. The quantitative estimate of drug-likeness (QED) is 0.515. The average molecular weight is 490 g/mol. The maximum Gasteiger partial charge on any atom is 0.325 e. The van der Waals surface area contributed by atoms with Crippen LogP contribution in [0.3, 0.4) is 0 Å². The molecular weight excluding hydrogens is 462 g/mol. The van der Waals surface area contributed by atoms with Crippen LogP contribution in [0.4, 0.5) is 4.79 Å². The molecule has 3 aliphatic heterocycles. The Balaban J connectivity index is 0.999. The van der Waals surface area contributed by atoms with Gasteiger partial charge >= 0.3 is 6.03 Å². The number of ether oxygens (including phenoxy) is 2. The number of imide groups is 1. The average Bonchev–Trinajstić information content (AvgIpc) is 3.61.